The summed E-state index contributed by atoms with van der Waals surface area (Å²) < 4.78 is 6.68. The third-order valence-electron chi connectivity index (χ3n) is 3.03. The predicted molar refractivity (Wildman–Crippen MR) is 85.8 cm³/mol. The molecule has 0 aliphatic rings. The molecular weight excluding hydrogens is 298 g/mol. The van der Waals surface area contributed by atoms with Gasteiger partial charge in [0.1, 0.15) is 6.07 Å². The topological polar surface area (TPSA) is 67.9 Å². The molecule has 0 atom stereocenters. The van der Waals surface area contributed by atoms with Gasteiger partial charge < -0.3 is 4.74 Å². The fourth-order valence-electron chi connectivity index (χ4n) is 2.07. The number of carbonyl (C=O) groups excluding carboxylic acids is 1. The second kappa shape index (κ2) is 7.66. The highest BCUT2D eigenvalue weighted by Gasteiger charge is 2.16. The molecule has 1 aromatic carbocycles. The Kier molecular flexibility index (Phi) is 5.61. The van der Waals surface area contributed by atoms with E-state index in [9.17, 15) is 10.1 Å². The van der Waals surface area contributed by atoms with Crippen LogP contribution in [0.25, 0.3) is 5.69 Å². The van der Waals surface area contributed by atoms with Crippen molar-refractivity contribution in [2.45, 2.75) is 19.6 Å². The minimum atomic E-state index is -0.242. The van der Waals surface area contributed by atoms with Crippen LogP contribution >= 0.6 is 11.8 Å². The molecule has 0 fully saturated rings. The van der Waals surface area contributed by atoms with Crippen LogP contribution < -0.4 is 0 Å². The van der Waals surface area contributed by atoms with Crippen LogP contribution in [0.15, 0.2) is 30.3 Å². The van der Waals surface area contributed by atoms with E-state index in [2.05, 4.69) is 11.2 Å². The Balaban J connectivity index is 2.22. The molecule has 0 N–H and O–H groups in total. The molecule has 22 heavy (non-hydrogen) atoms. The zero-order chi connectivity index (χ0) is 15.9. The van der Waals surface area contributed by atoms with Crippen molar-refractivity contribution in [2.24, 2.45) is 0 Å². The molecule has 5 nitrogen and oxygen atoms in total. The summed E-state index contributed by atoms with van der Waals surface area (Å²) in [4.78, 5) is 11.4. The van der Waals surface area contributed by atoms with Crippen LogP contribution in [0.1, 0.15) is 23.9 Å². The third-order valence-corrected chi connectivity index (χ3v) is 3.95. The quantitative estimate of drug-likeness (QED) is 0.767. The monoisotopic (exact) mass is 315 g/mol. The first-order valence-electron chi connectivity index (χ1n) is 6.94. The van der Waals surface area contributed by atoms with E-state index in [1.54, 1.807) is 11.6 Å². The molecule has 6 heteroatoms. The molecule has 0 amide bonds. The van der Waals surface area contributed by atoms with Crippen molar-refractivity contribution in [3.8, 4) is 11.8 Å². The van der Waals surface area contributed by atoms with Crippen molar-refractivity contribution >= 4 is 17.7 Å². The molecule has 0 radical (unpaired) electrons. The normalized spacial score (nSPS) is 10.2. The molecule has 2 aromatic rings. The maximum atomic E-state index is 11.4. The Hall–Kier alpha value is -2.26. The van der Waals surface area contributed by atoms with Crippen molar-refractivity contribution < 1.29 is 9.53 Å². The molecule has 0 spiro atoms. The lowest BCUT2D eigenvalue weighted by atomic mass is 10.2. The number of rotatable bonds is 6. The third kappa shape index (κ3) is 3.68. The summed E-state index contributed by atoms with van der Waals surface area (Å²) in [6.45, 7) is 3.98. The average molecular weight is 315 g/mol. The average Bonchev–Trinajstić information content (AvgIpc) is 2.84. The minimum absolute atomic E-state index is 0.242. The summed E-state index contributed by atoms with van der Waals surface area (Å²) in [6.07, 6.45) is 0. The second-order valence-electron chi connectivity index (χ2n) is 4.56. The number of hydrogen-bond donors (Lipinski definition) is 0. The molecule has 0 bridgehead atoms. The van der Waals surface area contributed by atoms with Gasteiger partial charge in [-0.2, -0.15) is 10.4 Å². The zero-order valence-corrected chi connectivity index (χ0v) is 13.4. The van der Waals surface area contributed by atoms with E-state index < -0.39 is 0 Å². The Morgan fingerprint density at radius 2 is 2.14 bits per heavy atom. The van der Waals surface area contributed by atoms with E-state index in [4.69, 9.17) is 4.74 Å². The molecule has 0 saturated carbocycles. The first-order chi connectivity index (χ1) is 10.7. The number of aryl methyl sites for hydroxylation is 1. The molecule has 1 aromatic heterocycles. The van der Waals surface area contributed by atoms with Gasteiger partial charge in [-0.1, -0.05) is 18.2 Å². The van der Waals surface area contributed by atoms with Gasteiger partial charge in [0.2, 0.25) is 0 Å². The summed E-state index contributed by atoms with van der Waals surface area (Å²) in [5, 5.41) is 13.8. The van der Waals surface area contributed by atoms with Gasteiger partial charge >= 0.3 is 5.97 Å². The van der Waals surface area contributed by atoms with Crippen molar-refractivity contribution in [2.75, 3.05) is 12.4 Å². The van der Waals surface area contributed by atoms with E-state index in [0.717, 1.165) is 11.4 Å². The van der Waals surface area contributed by atoms with Gasteiger partial charge in [0, 0.05) is 5.75 Å². The van der Waals surface area contributed by atoms with E-state index in [1.807, 2.05) is 37.3 Å². The zero-order valence-electron chi connectivity index (χ0n) is 12.6. The highest BCUT2D eigenvalue weighted by atomic mass is 32.2. The van der Waals surface area contributed by atoms with E-state index in [0.29, 0.717) is 23.6 Å². The van der Waals surface area contributed by atoms with Crippen molar-refractivity contribution in [1.29, 1.82) is 5.26 Å². The first kappa shape index (κ1) is 16.1. The summed E-state index contributed by atoms with van der Waals surface area (Å²) in [5.41, 5.74) is 2.97. The number of thioether (sulfide) groups is 1. The minimum Gasteiger partial charge on any atom is -0.465 e. The van der Waals surface area contributed by atoms with Crippen LogP contribution in [0, 0.1) is 18.3 Å². The summed E-state index contributed by atoms with van der Waals surface area (Å²) in [7, 11) is 0. The molecule has 2 rings (SSSR count). The summed E-state index contributed by atoms with van der Waals surface area (Å²) in [5.74, 6) is 0.545. The van der Waals surface area contributed by atoms with Gasteiger partial charge in [-0.25, -0.2) is 4.68 Å². The first-order valence-corrected chi connectivity index (χ1v) is 8.10. The van der Waals surface area contributed by atoms with Crippen molar-refractivity contribution in [1.82, 2.24) is 9.78 Å². The van der Waals surface area contributed by atoms with Gasteiger partial charge in [0.25, 0.3) is 0 Å². The highest BCUT2D eigenvalue weighted by molar-refractivity contribution is 7.99. The van der Waals surface area contributed by atoms with Crippen LogP contribution in [-0.2, 0) is 15.3 Å². The highest BCUT2D eigenvalue weighted by Crippen LogP contribution is 2.22. The number of aromatic nitrogens is 2. The van der Waals surface area contributed by atoms with E-state index in [1.165, 1.54) is 11.8 Å². The second-order valence-corrected chi connectivity index (χ2v) is 5.55. The SMILES string of the molecule is CCOC(=O)CSCc1c(C#N)c(C)nn1-c1ccccc1. The number of esters is 1. The number of benzene rings is 1. The standard InChI is InChI=1S/C16H17N3O2S/c1-3-21-16(20)11-22-10-15-14(9-17)12(2)18-19(15)13-7-5-4-6-8-13/h4-8H,3,10-11H2,1-2H3. The Morgan fingerprint density at radius 3 is 2.77 bits per heavy atom. The lowest BCUT2D eigenvalue weighted by Gasteiger charge is -2.07. The largest absolute Gasteiger partial charge is 0.465 e. The number of carbonyl (C=O) groups is 1. The van der Waals surface area contributed by atoms with Gasteiger partial charge in [-0.05, 0) is 26.0 Å². The molecular formula is C16H17N3O2S. The molecule has 0 unspecified atom stereocenters. The van der Waals surface area contributed by atoms with Gasteiger partial charge in [0.05, 0.1) is 35.0 Å². The van der Waals surface area contributed by atoms with Gasteiger partial charge in [-0.3, -0.25) is 4.79 Å². The summed E-state index contributed by atoms with van der Waals surface area (Å²) >= 11 is 1.42. The lowest BCUT2D eigenvalue weighted by molar-refractivity contribution is -0.139. The number of ether oxygens (including phenoxy) is 1. The van der Waals surface area contributed by atoms with E-state index >= 15 is 0 Å². The summed E-state index contributed by atoms with van der Waals surface area (Å²) in [6, 6.07) is 11.9. The van der Waals surface area contributed by atoms with Crippen LogP contribution in [0.2, 0.25) is 0 Å². The maximum Gasteiger partial charge on any atom is 0.315 e. The van der Waals surface area contributed by atoms with E-state index in [-0.39, 0.29) is 11.7 Å². The van der Waals surface area contributed by atoms with Crippen LogP contribution in [0.4, 0.5) is 0 Å². The van der Waals surface area contributed by atoms with Crippen LogP contribution in [-0.4, -0.2) is 28.1 Å². The maximum absolute atomic E-state index is 11.4. The fraction of sp³-hybridized carbons (Fsp3) is 0.312. The predicted octanol–water partition coefficient (Wildman–Crippen LogP) is 2.85. The van der Waals surface area contributed by atoms with Crippen LogP contribution in [0.5, 0.6) is 0 Å². The number of nitriles is 1. The Bertz CT molecular complexity index is 689. The lowest BCUT2D eigenvalue weighted by Crippen LogP contribution is -2.08. The Labute approximate surface area is 133 Å². The number of nitrogens with zero attached hydrogens (tertiary/aromatic N) is 3. The van der Waals surface area contributed by atoms with Gasteiger partial charge in [0.15, 0.2) is 0 Å². The smallest absolute Gasteiger partial charge is 0.315 e. The van der Waals surface area contributed by atoms with Crippen LogP contribution in [0.3, 0.4) is 0 Å². The molecule has 0 saturated heterocycles. The Morgan fingerprint density at radius 1 is 1.41 bits per heavy atom. The molecule has 0 aliphatic carbocycles. The fourth-order valence-corrected chi connectivity index (χ4v) is 2.88. The molecule has 1 heterocycles. The van der Waals surface area contributed by atoms with Crippen molar-refractivity contribution in [3.05, 3.63) is 47.3 Å². The van der Waals surface area contributed by atoms with Gasteiger partial charge in [-0.15, -0.1) is 11.8 Å². The molecule has 114 valence electrons. The van der Waals surface area contributed by atoms with Crippen molar-refractivity contribution in [3.63, 3.8) is 0 Å². The number of hydrogen-bond acceptors (Lipinski definition) is 5. The molecule has 0 aliphatic heterocycles. The number of para-hydroxylation sites is 1.